The van der Waals surface area contributed by atoms with E-state index < -0.39 is 17.7 Å². The fourth-order valence-electron chi connectivity index (χ4n) is 2.07. The van der Waals surface area contributed by atoms with Gasteiger partial charge in [0.2, 0.25) is 0 Å². The third kappa shape index (κ3) is 3.18. The summed E-state index contributed by atoms with van der Waals surface area (Å²) in [5, 5.41) is 0. The van der Waals surface area contributed by atoms with Gasteiger partial charge in [0.1, 0.15) is 11.3 Å². The second-order valence-electron chi connectivity index (χ2n) is 4.83. The van der Waals surface area contributed by atoms with Crippen molar-refractivity contribution in [2.75, 3.05) is 0 Å². The summed E-state index contributed by atoms with van der Waals surface area (Å²) in [6.07, 6.45) is -4.52. The number of aryl methyl sites for hydroxylation is 1. The van der Waals surface area contributed by atoms with E-state index in [0.717, 1.165) is 18.2 Å². The lowest BCUT2D eigenvalue weighted by Crippen LogP contribution is -2.11. The number of hydrogen-bond donors (Lipinski definition) is 0. The first kappa shape index (κ1) is 15.1. The van der Waals surface area contributed by atoms with Gasteiger partial charge in [-0.3, -0.25) is 0 Å². The number of aromatic nitrogens is 1. The molecule has 3 aromatic rings. The topological polar surface area (TPSA) is 52.3 Å². The summed E-state index contributed by atoms with van der Waals surface area (Å²) in [5.74, 6) is -0.260. The largest absolute Gasteiger partial charge is 0.441 e. The van der Waals surface area contributed by atoms with Crippen LogP contribution in [-0.2, 0) is 6.18 Å². The average molecular weight is 321 g/mol. The minimum atomic E-state index is -4.52. The number of carbonyl (C=O) groups is 1. The van der Waals surface area contributed by atoms with Gasteiger partial charge < -0.3 is 9.15 Å². The maximum atomic E-state index is 12.7. The molecule has 0 spiro atoms. The minimum absolute atomic E-state index is 0.163. The number of ether oxygens (including phenoxy) is 1. The van der Waals surface area contributed by atoms with Gasteiger partial charge in [-0.15, -0.1) is 0 Å². The second-order valence-corrected chi connectivity index (χ2v) is 4.83. The van der Waals surface area contributed by atoms with Crippen LogP contribution >= 0.6 is 0 Å². The predicted octanol–water partition coefficient (Wildman–Crippen LogP) is 4.37. The van der Waals surface area contributed by atoms with Crippen molar-refractivity contribution in [3.05, 3.63) is 59.5 Å². The van der Waals surface area contributed by atoms with Crippen LogP contribution in [0.25, 0.3) is 11.1 Å². The fourth-order valence-corrected chi connectivity index (χ4v) is 2.07. The molecule has 0 bridgehead atoms. The van der Waals surface area contributed by atoms with Crippen LogP contribution in [0.3, 0.4) is 0 Å². The summed E-state index contributed by atoms with van der Waals surface area (Å²) >= 11 is 0. The van der Waals surface area contributed by atoms with E-state index in [1.807, 2.05) is 0 Å². The number of oxazole rings is 1. The van der Waals surface area contributed by atoms with Crippen molar-refractivity contribution in [2.45, 2.75) is 13.1 Å². The van der Waals surface area contributed by atoms with Crippen molar-refractivity contribution in [2.24, 2.45) is 0 Å². The highest BCUT2D eigenvalue weighted by Crippen LogP contribution is 2.30. The Morgan fingerprint density at radius 1 is 1.17 bits per heavy atom. The maximum absolute atomic E-state index is 12.7. The van der Waals surface area contributed by atoms with Gasteiger partial charge in [0, 0.05) is 13.0 Å². The van der Waals surface area contributed by atoms with Crippen molar-refractivity contribution < 1.29 is 27.1 Å². The summed E-state index contributed by atoms with van der Waals surface area (Å²) in [6.45, 7) is 1.67. The second kappa shape index (κ2) is 5.42. The number of esters is 1. The van der Waals surface area contributed by atoms with Gasteiger partial charge in [0.15, 0.2) is 11.5 Å². The molecule has 118 valence electrons. The highest BCUT2D eigenvalue weighted by atomic mass is 19.4. The van der Waals surface area contributed by atoms with Crippen LogP contribution < -0.4 is 4.74 Å². The van der Waals surface area contributed by atoms with Crippen molar-refractivity contribution in [1.29, 1.82) is 0 Å². The third-order valence-corrected chi connectivity index (χ3v) is 3.10. The molecule has 0 radical (unpaired) electrons. The standard InChI is InChI=1S/C16H10F3NO3/c1-9-20-13-6-5-12(8-14(13)22-9)23-15(21)10-3-2-4-11(7-10)16(17,18)19/h2-8H,1H3. The molecule has 0 fully saturated rings. The van der Waals surface area contributed by atoms with E-state index in [-0.39, 0.29) is 11.3 Å². The Morgan fingerprint density at radius 3 is 2.70 bits per heavy atom. The number of halogens is 3. The summed E-state index contributed by atoms with van der Waals surface area (Å²) in [4.78, 5) is 16.1. The van der Waals surface area contributed by atoms with Crippen molar-refractivity contribution in [1.82, 2.24) is 4.98 Å². The van der Waals surface area contributed by atoms with Crippen LogP contribution in [0.5, 0.6) is 5.75 Å². The molecule has 7 heteroatoms. The van der Waals surface area contributed by atoms with E-state index in [2.05, 4.69) is 4.98 Å². The Balaban J connectivity index is 1.85. The Morgan fingerprint density at radius 2 is 1.96 bits per heavy atom. The molecule has 0 aliphatic rings. The fraction of sp³-hybridized carbons (Fsp3) is 0.125. The first-order valence-electron chi connectivity index (χ1n) is 6.59. The molecule has 0 saturated carbocycles. The zero-order valence-electron chi connectivity index (χ0n) is 11.8. The lowest BCUT2D eigenvalue weighted by molar-refractivity contribution is -0.137. The summed E-state index contributed by atoms with van der Waals surface area (Å²) < 4.78 is 48.4. The van der Waals surface area contributed by atoms with E-state index in [0.29, 0.717) is 17.0 Å². The minimum Gasteiger partial charge on any atom is -0.441 e. The number of benzene rings is 2. The van der Waals surface area contributed by atoms with Gasteiger partial charge in [0.05, 0.1) is 11.1 Å². The first-order chi connectivity index (χ1) is 10.8. The molecule has 0 aliphatic heterocycles. The Hall–Kier alpha value is -2.83. The predicted molar refractivity (Wildman–Crippen MR) is 75.1 cm³/mol. The van der Waals surface area contributed by atoms with Gasteiger partial charge in [0.25, 0.3) is 0 Å². The van der Waals surface area contributed by atoms with Gasteiger partial charge in [-0.25, -0.2) is 9.78 Å². The first-order valence-corrected chi connectivity index (χ1v) is 6.59. The van der Waals surface area contributed by atoms with E-state index in [1.165, 1.54) is 18.2 Å². The molecule has 1 aromatic heterocycles. The van der Waals surface area contributed by atoms with Crippen LogP contribution in [0.4, 0.5) is 13.2 Å². The number of nitrogens with zero attached hydrogens (tertiary/aromatic N) is 1. The Kier molecular flexibility index (Phi) is 3.55. The average Bonchev–Trinajstić information content (AvgIpc) is 2.86. The van der Waals surface area contributed by atoms with Crippen molar-refractivity contribution in [3.8, 4) is 5.75 Å². The number of rotatable bonds is 2. The molecule has 0 atom stereocenters. The van der Waals surface area contributed by atoms with Crippen LogP contribution in [0, 0.1) is 6.92 Å². The molecular weight excluding hydrogens is 311 g/mol. The Labute approximate surface area is 128 Å². The molecule has 2 aromatic carbocycles. The molecule has 23 heavy (non-hydrogen) atoms. The molecule has 0 saturated heterocycles. The zero-order valence-corrected chi connectivity index (χ0v) is 11.8. The quantitative estimate of drug-likeness (QED) is 0.519. The number of hydrogen-bond acceptors (Lipinski definition) is 4. The SMILES string of the molecule is Cc1nc2ccc(OC(=O)c3cccc(C(F)(F)F)c3)cc2o1. The molecular formula is C16H10F3NO3. The van der Waals surface area contributed by atoms with E-state index in [4.69, 9.17) is 9.15 Å². The van der Waals surface area contributed by atoms with Crippen molar-refractivity contribution >= 4 is 17.1 Å². The molecule has 0 unspecified atom stereocenters. The molecule has 4 nitrogen and oxygen atoms in total. The molecule has 0 N–H and O–H groups in total. The van der Waals surface area contributed by atoms with Gasteiger partial charge in [-0.1, -0.05) is 6.07 Å². The monoisotopic (exact) mass is 321 g/mol. The van der Waals surface area contributed by atoms with Crippen LogP contribution in [0.2, 0.25) is 0 Å². The van der Waals surface area contributed by atoms with E-state index in [9.17, 15) is 18.0 Å². The maximum Gasteiger partial charge on any atom is 0.416 e. The number of fused-ring (bicyclic) bond motifs is 1. The summed E-state index contributed by atoms with van der Waals surface area (Å²) in [7, 11) is 0. The normalized spacial score (nSPS) is 11.7. The van der Waals surface area contributed by atoms with E-state index in [1.54, 1.807) is 13.0 Å². The lowest BCUT2D eigenvalue weighted by atomic mass is 10.1. The Bertz CT molecular complexity index is 884. The summed E-state index contributed by atoms with van der Waals surface area (Å²) in [5.41, 5.74) is -0.0693. The highest BCUT2D eigenvalue weighted by molar-refractivity contribution is 5.91. The molecule has 0 amide bonds. The van der Waals surface area contributed by atoms with Gasteiger partial charge in [-0.05, 0) is 30.3 Å². The van der Waals surface area contributed by atoms with Crippen molar-refractivity contribution in [3.63, 3.8) is 0 Å². The van der Waals surface area contributed by atoms with Crippen LogP contribution in [0.1, 0.15) is 21.8 Å². The molecule has 0 aliphatic carbocycles. The van der Waals surface area contributed by atoms with Gasteiger partial charge >= 0.3 is 12.1 Å². The highest BCUT2D eigenvalue weighted by Gasteiger charge is 2.31. The lowest BCUT2D eigenvalue weighted by Gasteiger charge is -2.08. The van der Waals surface area contributed by atoms with Gasteiger partial charge in [-0.2, -0.15) is 13.2 Å². The molecule has 3 rings (SSSR count). The zero-order chi connectivity index (χ0) is 16.6. The molecule has 1 heterocycles. The van der Waals surface area contributed by atoms with Crippen LogP contribution in [0.15, 0.2) is 46.9 Å². The number of alkyl halides is 3. The van der Waals surface area contributed by atoms with Crippen LogP contribution in [-0.4, -0.2) is 11.0 Å². The third-order valence-electron chi connectivity index (χ3n) is 3.10. The number of carbonyl (C=O) groups excluding carboxylic acids is 1. The smallest absolute Gasteiger partial charge is 0.416 e. The van der Waals surface area contributed by atoms with E-state index >= 15 is 0 Å². The summed E-state index contributed by atoms with van der Waals surface area (Å²) in [6, 6.07) is 8.61.